The Morgan fingerprint density at radius 3 is 2.18 bits per heavy atom. The Morgan fingerprint density at radius 1 is 1.23 bits per heavy atom. The molecular weight excluding hydrogens is 276 g/mol. The fourth-order valence-electron chi connectivity index (χ4n) is 2.72. The predicted molar refractivity (Wildman–Crippen MR) is 90.5 cm³/mol. The van der Waals surface area contributed by atoms with Crippen LogP contribution in [-0.4, -0.2) is 35.5 Å². The van der Waals surface area contributed by atoms with E-state index >= 15 is 0 Å². The van der Waals surface area contributed by atoms with Gasteiger partial charge in [-0.25, -0.2) is 0 Å². The predicted octanol–water partition coefficient (Wildman–Crippen LogP) is 2.64. The van der Waals surface area contributed by atoms with Gasteiger partial charge in [0.2, 0.25) is 5.91 Å². The maximum Gasteiger partial charge on any atom is 0.230 e. The Hall–Kier alpha value is -1.39. The van der Waals surface area contributed by atoms with E-state index in [0.29, 0.717) is 19.6 Å². The maximum atomic E-state index is 12.8. The highest BCUT2D eigenvalue weighted by atomic mass is 16.3. The molecule has 124 valence electrons. The Morgan fingerprint density at radius 2 is 1.77 bits per heavy atom. The van der Waals surface area contributed by atoms with Crippen LogP contribution in [0.2, 0.25) is 0 Å². The minimum absolute atomic E-state index is 0.0497. The van der Waals surface area contributed by atoms with Crippen LogP contribution in [0.3, 0.4) is 0 Å². The van der Waals surface area contributed by atoms with Gasteiger partial charge in [0.15, 0.2) is 0 Å². The zero-order chi connectivity index (χ0) is 16.8. The van der Waals surface area contributed by atoms with Crippen LogP contribution in [0.4, 0.5) is 0 Å². The number of nitrogens with two attached hydrogens (primary N) is 1. The average Bonchev–Trinajstić information content (AvgIpc) is 2.55. The van der Waals surface area contributed by atoms with Crippen LogP contribution in [0, 0.1) is 12.3 Å². The number of benzene rings is 1. The molecule has 0 aliphatic rings. The van der Waals surface area contributed by atoms with Gasteiger partial charge in [-0.15, -0.1) is 0 Å². The minimum atomic E-state index is -0.673. The van der Waals surface area contributed by atoms with Crippen molar-refractivity contribution in [2.45, 2.75) is 46.6 Å². The van der Waals surface area contributed by atoms with Gasteiger partial charge >= 0.3 is 0 Å². The SMILES string of the molecule is CCN(CC(O)c1ccc(C)cc1)C(=O)C(CC)(CC)CN. The summed E-state index contributed by atoms with van der Waals surface area (Å²) in [5.41, 5.74) is 7.35. The molecule has 0 saturated carbocycles. The van der Waals surface area contributed by atoms with E-state index < -0.39 is 11.5 Å². The van der Waals surface area contributed by atoms with Crippen molar-refractivity contribution in [2.75, 3.05) is 19.6 Å². The normalized spacial score (nSPS) is 13.0. The lowest BCUT2D eigenvalue weighted by atomic mass is 9.81. The molecule has 0 aromatic heterocycles. The fourth-order valence-corrected chi connectivity index (χ4v) is 2.72. The van der Waals surface area contributed by atoms with E-state index in [1.165, 1.54) is 0 Å². The minimum Gasteiger partial charge on any atom is -0.387 e. The van der Waals surface area contributed by atoms with Gasteiger partial charge in [-0.05, 0) is 32.3 Å². The summed E-state index contributed by atoms with van der Waals surface area (Å²) in [4.78, 5) is 14.6. The van der Waals surface area contributed by atoms with Crippen LogP contribution in [0.15, 0.2) is 24.3 Å². The first-order valence-electron chi connectivity index (χ1n) is 8.18. The third kappa shape index (κ3) is 4.08. The first-order valence-corrected chi connectivity index (χ1v) is 8.18. The van der Waals surface area contributed by atoms with Crippen molar-refractivity contribution in [1.82, 2.24) is 4.90 Å². The molecule has 4 nitrogen and oxygen atoms in total. The van der Waals surface area contributed by atoms with Crippen molar-refractivity contribution in [3.63, 3.8) is 0 Å². The number of hydrogen-bond acceptors (Lipinski definition) is 3. The van der Waals surface area contributed by atoms with Gasteiger partial charge in [0.25, 0.3) is 0 Å². The van der Waals surface area contributed by atoms with E-state index in [1.54, 1.807) is 4.90 Å². The maximum absolute atomic E-state index is 12.8. The smallest absolute Gasteiger partial charge is 0.230 e. The molecule has 0 aliphatic carbocycles. The highest BCUT2D eigenvalue weighted by Gasteiger charge is 2.36. The number of aliphatic hydroxyl groups is 1. The molecule has 0 fully saturated rings. The van der Waals surface area contributed by atoms with E-state index in [0.717, 1.165) is 24.0 Å². The second-order valence-electron chi connectivity index (χ2n) is 5.96. The van der Waals surface area contributed by atoms with E-state index in [-0.39, 0.29) is 5.91 Å². The summed E-state index contributed by atoms with van der Waals surface area (Å²) in [5.74, 6) is 0.0497. The summed E-state index contributed by atoms with van der Waals surface area (Å²) in [5, 5.41) is 10.4. The van der Waals surface area contributed by atoms with E-state index in [9.17, 15) is 9.90 Å². The number of rotatable bonds is 8. The molecule has 1 aromatic rings. The van der Waals surface area contributed by atoms with Gasteiger partial charge in [0.1, 0.15) is 0 Å². The molecule has 1 rings (SSSR count). The Labute approximate surface area is 134 Å². The number of aryl methyl sites for hydroxylation is 1. The molecule has 1 atom stereocenters. The molecule has 1 amide bonds. The van der Waals surface area contributed by atoms with Gasteiger partial charge in [-0.2, -0.15) is 0 Å². The molecule has 1 aromatic carbocycles. The molecule has 0 spiro atoms. The standard InChI is InChI=1S/C18H30N2O2/c1-5-18(6-2,13-19)17(22)20(7-3)12-16(21)15-10-8-14(4)9-11-15/h8-11,16,21H,5-7,12-13,19H2,1-4H3. The van der Waals surface area contributed by atoms with Crippen LogP contribution < -0.4 is 5.73 Å². The van der Waals surface area contributed by atoms with Gasteiger partial charge < -0.3 is 15.7 Å². The molecule has 22 heavy (non-hydrogen) atoms. The summed E-state index contributed by atoms with van der Waals surface area (Å²) < 4.78 is 0. The second kappa shape index (κ2) is 8.30. The summed E-state index contributed by atoms with van der Waals surface area (Å²) >= 11 is 0. The summed E-state index contributed by atoms with van der Waals surface area (Å²) in [6, 6.07) is 7.76. The number of aliphatic hydroxyl groups excluding tert-OH is 1. The van der Waals surface area contributed by atoms with Crippen molar-refractivity contribution in [3.8, 4) is 0 Å². The van der Waals surface area contributed by atoms with Crippen molar-refractivity contribution >= 4 is 5.91 Å². The number of amides is 1. The molecule has 0 aliphatic heterocycles. The lowest BCUT2D eigenvalue weighted by Gasteiger charge is -2.35. The molecule has 0 saturated heterocycles. The lowest BCUT2D eigenvalue weighted by molar-refractivity contribution is -0.143. The summed E-state index contributed by atoms with van der Waals surface area (Å²) in [6.07, 6.45) is 0.764. The second-order valence-corrected chi connectivity index (χ2v) is 5.96. The number of hydrogen-bond donors (Lipinski definition) is 2. The average molecular weight is 306 g/mol. The van der Waals surface area contributed by atoms with Gasteiger partial charge in [0, 0.05) is 13.1 Å². The Balaban J connectivity index is 2.87. The summed E-state index contributed by atoms with van der Waals surface area (Å²) in [7, 11) is 0. The van der Waals surface area contributed by atoms with Gasteiger partial charge in [0.05, 0.1) is 18.1 Å². The van der Waals surface area contributed by atoms with Crippen LogP contribution in [0.25, 0.3) is 0 Å². The highest BCUT2D eigenvalue weighted by molar-refractivity contribution is 5.83. The first kappa shape index (κ1) is 18.7. The lowest BCUT2D eigenvalue weighted by Crippen LogP contribution is -2.48. The zero-order valence-corrected chi connectivity index (χ0v) is 14.3. The molecule has 3 N–H and O–H groups in total. The third-order valence-electron chi connectivity index (χ3n) is 4.72. The molecule has 0 radical (unpaired) electrons. The van der Waals surface area contributed by atoms with Crippen LogP contribution in [0.5, 0.6) is 0 Å². The van der Waals surface area contributed by atoms with Crippen molar-refractivity contribution in [3.05, 3.63) is 35.4 Å². The molecular formula is C18H30N2O2. The number of carbonyl (C=O) groups excluding carboxylic acids is 1. The molecule has 1 unspecified atom stereocenters. The molecule has 0 bridgehead atoms. The van der Waals surface area contributed by atoms with Crippen LogP contribution in [-0.2, 0) is 4.79 Å². The van der Waals surface area contributed by atoms with Gasteiger partial charge in [-0.1, -0.05) is 43.7 Å². The van der Waals surface area contributed by atoms with Crippen molar-refractivity contribution in [2.24, 2.45) is 11.1 Å². The van der Waals surface area contributed by atoms with Crippen molar-refractivity contribution in [1.29, 1.82) is 0 Å². The van der Waals surface area contributed by atoms with Crippen molar-refractivity contribution < 1.29 is 9.90 Å². The number of likely N-dealkylation sites (N-methyl/N-ethyl adjacent to an activating group) is 1. The largest absolute Gasteiger partial charge is 0.387 e. The van der Waals surface area contributed by atoms with E-state index in [2.05, 4.69) is 0 Å². The number of nitrogens with zero attached hydrogens (tertiary/aromatic N) is 1. The Bertz CT molecular complexity index is 458. The third-order valence-corrected chi connectivity index (χ3v) is 4.72. The van der Waals surface area contributed by atoms with Crippen LogP contribution >= 0.6 is 0 Å². The van der Waals surface area contributed by atoms with Gasteiger partial charge in [-0.3, -0.25) is 4.79 Å². The quantitative estimate of drug-likeness (QED) is 0.776. The topological polar surface area (TPSA) is 66.6 Å². The Kier molecular flexibility index (Phi) is 7.04. The van der Waals surface area contributed by atoms with E-state index in [1.807, 2.05) is 52.0 Å². The zero-order valence-electron chi connectivity index (χ0n) is 14.3. The number of carbonyl (C=O) groups is 1. The molecule has 4 heteroatoms. The fraction of sp³-hybridized carbons (Fsp3) is 0.611. The highest BCUT2D eigenvalue weighted by Crippen LogP contribution is 2.28. The summed E-state index contributed by atoms with van der Waals surface area (Å²) in [6.45, 7) is 9.17. The first-order chi connectivity index (χ1) is 10.4. The monoisotopic (exact) mass is 306 g/mol. The van der Waals surface area contributed by atoms with E-state index in [4.69, 9.17) is 5.73 Å². The van der Waals surface area contributed by atoms with Crippen LogP contribution in [0.1, 0.15) is 50.8 Å². The molecule has 0 heterocycles.